The first-order chi connectivity index (χ1) is 15.4. The van der Waals surface area contributed by atoms with Gasteiger partial charge in [-0.25, -0.2) is 0 Å². The summed E-state index contributed by atoms with van der Waals surface area (Å²) in [5.74, 6) is 0. The minimum absolute atomic E-state index is 0.0151. The standard InChI is InChI=1S/C25H24N6O/c1-16-10-20-21(30(4)25(16)32)6-5-7-22(20)31-9-8-28(2)23-12-19(17(13-26)11-24(23)31)18-14-27-29(3)15-18/h5-7,10-12,14-15H,8-9H2,1-4H3. The number of fused-ring (bicyclic) bond motifs is 2. The van der Waals surface area contributed by atoms with Gasteiger partial charge in [0.2, 0.25) is 0 Å². The zero-order valence-electron chi connectivity index (χ0n) is 18.6. The summed E-state index contributed by atoms with van der Waals surface area (Å²) in [4.78, 5) is 16.9. The smallest absolute Gasteiger partial charge is 0.253 e. The van der Waals surface area contributed by atoms with E-state index >= 15 is 0 Å². The average Bonchev–Trinajstić information content (AvgIpc) is 3.23. The lowest BCUT2D eigenvalue weighted by Gasteiger charge is -2.38. The SMILES string of the molecule is Cc1cc2c(N3CCN(C)c4cc(-c5cnn(C)c5)c(C#N)cc43)cccc2n(C)c1=O. The molecule has 7 heteroatoms. The van der Waals surface area contributed by atoms with Gasteiger partial charge < -0.3 is 14.4 Å². The summed E-state index contributed by atoms with van der Waals surface area (Å²) in [6.07, 6.45) is 3.72. The monoisotopic (exact) mass is 424 g/mol. The van der Waals surface area contributed by atoms with Crippen molar-refractivity contribution in [2.45, 2.75) is 6.92 Å². The van der Waals surface area contributed by atoms with E-state index in [1.807, 2.05) is 51.5 Å². The second-order valence-corrected chi connectivity index (χ2v) is 8.38. The summed E-state index contributed by atoms with van der Waals surface area (Å²) in [7, 11) is 5.76. The molecule has 0 radical (unpaired) electrons. The van der Waals surface area contributed by atoms with Crippen molar-refractivity contribution in [3.63, 3.8) is 0 Å². The molecule has 2 aromatic heterocycles. The fourth-order valence-corrected chi connectivity index (χ4v) is 4.60. The Morgan fingerprint density at radius 1 is 1.03 bits per heavy atom. The minimum atomic E-state index is 0.0151. The molecular weight excluding hydrogens is 400 g/mol. The highest BCUT2D eigenvalue weighted by Gasteiger charge is 2.26. The Balaban J connectivity index is 1.75. The van der Waals surface area contributed by atoms with Crippen LogP contribution in [0.15, 0.2) is 53.6 Å². The van der Waals surface area contributed by atoms with E-state index in [0.717, 1.165) is 52.2 Å². The third-order valence-electron chi connectivity index (χ3n) is 6.33. The molecule has 0 bridgehead atoms. The van der Waals surface area contributed by atoms with Gasteiger partial charge in [-0.05, 0) is 37.3 Å². The molecule has 0 unspecified atom stereocenters. The second-order valence-electron chi connectivity index (χ2n) is 8.38. The number of hydrogen-bond acceptors (Lipinski definition) is 5. The molecule has 0 amide bonds. The van der Waals surface area contributed by atoms with Gasteiger partial charge in [0.1, 0.15) is 0 Å². The van der Waals surface area contributed by atoms with Crippen molar-refractivity contribution in [3.8, 4) is 17.2 Å². The number of rotatable bonds is 2. The quantitative estimate of drug-likeness (QED) is 0.491. The fourth-order valence-electron chi connectivity index (χ4n) is 4.60. The van der Waals surface area contributed by atoms with E-state index in [-0.39, 0.29) is 5.56 Å². The first-order valence-electron chi connectivity index (χ1n) is 10.5. The summed E-state index contributed by atoms with van der Waals surface area (Å²) in [6.45, 7) is 3.47. The van der Waals surface area contributed by atoms with Crippen LogP contribution in [0.5, 0.6) is 0 Å². The molecule has 7 nitrogen and oxygen atoms in total. The molecule has 1 aliphatic heterocycles. The molecule has 1 aliphatic rings. The number of hydrogen-bond donors (Lipinski definition) is 0. The zero-order valence-corrected chi connectivity index (χ0v) is 18.6. The maximum absolute atomic E-state index is 12.5. The molecule has 0 saturated carbocycles. The van der Waals surface area contributed by atoms with Crippen molar-refractivity contribution in [3.05, 3.63) is 70.3 Å². The van der Waals surface area contributed by atoms with E-state index in [4.69, 9.17) is 0 Å². The number of anilines is 3. The molecule has 0 atom stereocenters. The van der Waals surface area contributed by atoms with Crippen LogP contribution in [0, 0.1) is 18.3 Å². The van der Waals surface area contributed by atoms with E-state index in [9.17, 15) is 10.1 Å². The third kappa shape index (κ3) is 2.95. The predicted octanol–water partition coefficient (Wildman–Crippen LogP) is 3.71. The van der Waals surface area contributed by atoms with Gasteiger partial charge in [0.15, 0.2) is 0 Å². The van der Waals surface area contributed by atoms with Gasteiger partial charge in [0, 0.05) is 62.5 Å². The van der Waals surface area contributed by atoms with Gasteiger partial charge >= 0.3 is 0 Å². The number of nitriles is 1. The van der Waals surface area contributed by atoms with Crippen LogP contribution < -0.4 is 15.4 Å². The second kappa shape index (κ2) is 7.27. The van der Waals surface area contributed by atoms with Crippen LogP contribution in [0.2, 0.25) is 0 Å². The topological polar surface area (TPSA) is 70.1 Å². The summed E-state index contributed by atoms with van der Waals surface area (Å²) >= 11 is 0. The summed E-state index contributed by atoms with van der Waals surface area (Å²) in [5, 5.41) is 15.2. The minimum Gasteiger partial charge on any atom is -0.371 e. The number of pyridine rings is 1. The molecule has 0 N–H and O–H groups in total. The maximum atomic E-state index is 12.5. The molecule has 2 aromatic carbocycles. The van der Waals surface area contributed by atoms with Gasteiger partial charge in [0.25, 0.3) is 5.56 Å². The van der Waals surface area contributed by atoms with E-state index in [0.29, 0.717) is 11.1 Å². The highest BCUT2D eigenvalue weighted by Crippen LogP contribution is 2.43. The third-order valence-corrected chi connectivity index (χ3v) is 6.33. The molecular formula is C25H24N6O. The Labute approximate surface area is 186 Å². The molecule has 0 aliphatic carbocycles. The van der Waals surface area contributed by atoms with Crippen molar-refractivity contribution < 1.29 is 0 Å². The highest BCUT2D eigenvalue weighted by atomic mass is 16.1. The van der Waals surface area contributed by atoms with Crippen LogP contribution in [0.1, 0.15) is 11.1 Å². The lowest BCUT2D eigenvalue weighted by molar-refractivity contribution is 0.768. The first-order valence-corrected chi connectivity index (χ1v) is 10.5. The number of aromatic nitrogens is 3. The van der Waals surface area contributed by atoms with Crippen LogP contribution in [0.3, 0.4) is 0 Å². The molecule has 3 heterocycles. The Kier molecular flexibility index (Phi) is 4.52. The van der Waals surface area contributed by atoms with Crippen LogP contribution in [0.25, 0.3) is 22.0 Å². The number of nitrogens with zero attached hydrogens (tertiary/aromatic N) is 6. The molecule has 4 aromatic rings. The molecule has 5 rings (SSSR count). The Hall–Kier alpha value is -4.05. The van der Waals surface area contributed by atoms with E-state index in [1.54, 1.807) is 15.4 Å². The van der Waals surface area contributed by atoms with E-state index in [1.165, 1.54) is 0 Å². The number of benzene rings is 2. The number of likely N-dealkylation sites (N-methyl/N-ethyl adjacent to an activating group) is 1. The normalized spacial score (nSPS) is 13.3. The van der Waals surface area contributed by atoms with Gasteiger partial charge in [-0.15, -0.1) is 0 Å². The average molecular weight is 425 g/mol. The summed E-state index contributed by atoms with van der Waals surface area (Å²) in [5.41, 5.74) is 7.13. The molecule has 0 fully saturated rings. The van der Waals surface area contributed by atoms with Crippen LogP contribution in [-0.4, -0.2) is 34.5 Å². The largest absolute Gasteiger partial charge is 0.371 e. The molecule has 0 spiro atoms. The molecule has 160 valence electrons. The van der Waals surface area contributed by atoms with Gasteiger partial charge in [-0.3, -0.25) is 9.48 Å². The number of aryl methyl sites for hydroxylation is 3. The van der Waals surface area contributed by atoms with Crippen molar-refractivity contribution in [1.29, 1.82) is 5.26 Å². The maximum Gasteiger partial charge on any atom is 0.253 e. The van der Waals surface area contributed by atoms with Crippen LogP contribution in [-0.2, 0) is 14.1 Å². The van der Waals surface area contributed by atoms with Crippen molar-refractivity contribution in [1.82, 2.24) is 14.3 Å². The molecule has 0 saturated heterocycles. The summed E-state index contributed by atoms with van der Waals surface area (Å²) < 4.78 is 3.45. The molecule has 32 heavy (non-hydrogen) atoms. The fraction of sp³-hybridized carbons (Fsp3) is 0.240. The Morgan fingerprint density at radius 3 is 2.56 bits per heavy atom. The first kappa shape index (κ1) is 19.9. The van der Waals surface area contributed by atoms with Gasteiger partial charge in [0.05, 0.1) is 40.4 Å². The lowest BCUT2D eigenvalue weighted by atomic mass is 9.98. The van der Waals surface area contributed by atoms with Gasteiger partial charge in [-0.1, -0.05) is 6.07 Å². The zero-order chi connectivity index (χ0) is 22.6. The van der Waals surface area contributed by atoms with E-state index < -0.39 is 0 Å². The summed E-state index contributed by atoms with van der Waals surface area (Å²) in [6, 6.07) is 14.5. The Morgan fingerprint density at radius 2 is 1.84 bits per heavy atom. The van der Waals surface area contributed by atoms with Crippen molar-refractivity contribution in [2.24, 2.45) is 14.1 Å². The highest BCUT2D eigenvalue weighted by molar-refractivity contribution is 5.97. The van der Waals surface area contributed by atoms with Crippen LogP contribution in [0.4, 0.5) is 17.1 Å². The van der Waals surface area contributed by atoms with E-state index in [2.05, 4.69) is 40.1 Å². The Bertz CT molecular complexity index is 1470. The van der Waals surface area contributed by atoms with Crippen molar-refractivity contribution >= 4 is 28.0 Å². The van der Waals surface area contributed by atoms with Gasteiger partial charge in [-0.2, -0.15) is 10.4 Å². The predicted molar refractivity (Wildman–Crippen MR) is 128 cm³/mol. The van der Waals surface area contributed by atoms with Crippen LogP contribution >= 0.6 is 0 Å². The lowest BCUT2D eigenvalue weighted by Crippen LogP contribution is -2.36. The van der Waals surface area contributed by atoms with Crippen molar-refractivity contribution in [2.75, 3.05) is 29.9 Å².